The molecule has 0 unspecified atom stereocenters. The molecule has 0 atom stereocenters. The first-order valence-electron chi connectivity index (χ1n) is 4.25. The summed E-state index contributed by atoms with van der Waals surface area (Å²) >= 11 is 26.4. The van der Waals surface area contributed by atoms with Gasteiger partial charge in [0.25, 0.3) is 0 Å². The average molecular weight is 365 g/mol. The van der Waals surface area contributed by atoms with Crippen LogP contribution < -0.4 is 4.74 Å². The van der Waals surface area contributed by atoms with Crippen molar-refractivity contribution in [3.8, 4) is 5.75 Å². The molecule has 0 radical (unpaired) electrons. The van der Waals surface area contributed by atoms with E-state index in [0.717, 1.165) is 5.56 Å². The summed E-state index contributed by atoms with van der Waals surface area (Å²) in [6.07, 6.45) is 1.55. The largest absolute Gasteiger partial charge is 0.490 e. The van der Waals surface area contributed by atoms with Crippen molar-refractivity contribution in [2.75, 3.05) is 11.9 Å². The van der Waals surface area contributed by atoms with Crippen molar-refractivity contribution >= 4 is 68.4 Å². The molecule has 0 N–H and O–H groups in total. The molecule has 6 heteroatoms. The van der Waals surface area contributed by atoms with Crippen molar-refractivity contribution < 1.29 is 4.74 Å². The predicted octanol–water partition coefficient (Wildman–Crippen LogP) is 5.54. The second-order valence-corrected chi connectivity index (χ2v) is 5.40. The van der Waals surface area contributed by atoms with Gasteiger partial charge in [-0.1, -0.05) is 62.3 Å². The van der Waals surface area contributed by atoms with E-state index in [-0.39, 0.29) is 4.49 Å². The van der Waals surface area contributed by atoms with Gasteiger partial charge in [0, 0.05) is 5.33 Å². The number of alkyl halides is 1. The van der Waals surface area contributed by atoms with Crippen LogP contribution in [0, 0.1) is 0 Å². The van der Waals surface area contributed by atoms with E-state index < -0.39 is 0 Å². The molecule has 0 saturated heterocycles. The SMILES string of the molecule is ClC(Cl)=Cc1cc(Cl)c(OCCBr)c(Cl)c1. The zero-order valence-electron chi connectivity index (χ0n) is 7.94. The number of ether oxygens (including phenoxy) is 1. The maximum Gasteiger partial charge on any atom is 0.156 e. The van der Waals surface area contributed by atoms with Crippen molar-refractivity contribution in [2.24, 2.45) is 0 Å². The maximum atomic E-state index is 6.01. The summed E-state index contributed by atoms with van der Waals surface area (Å²) in [4.78, 5) is 0. The third-order valence-corrected chi connectivity index (χ3v) is 2.72. The number of hydrogen-bond acceptors (Lipinski definition) is 1. The predicted molar refractivity (Wildman–Crippen MR) is 75.4 cm³/mol. The smallest absolute Gasteiger partial charge is 0.156 e. The van der Waals surface area contributed by atoms with Crippen molar-refractivity contribution in [2.45, 2.75) is 0 Å². The third-order valence-electron chi connectivity index (χ3n) is 1.62. The molecule has 0 amide bonds. The zero-order valence-corrected chi connectivity index (χ0v) is 12.6. The van der Waals surface area contributed by atoms with Crippen LogP contribution >= 0.6 is 62.3 Å². The summed E-state index contributed by atoms with van der Waals surface area (Å²) < 4.78 is 5.52. The van der Waals surface area contributed by atoms with Crippen LogP contribution in [0.1, 0.15) is 5.56 Å². The molecule has 1 aromatic rings. The Hall–Kier alpha value is 0.400. The number of benzene rings is 1. The minimum Gasteiger partial charge on any atom is -0.490 e. The highest BCUT2D eigenvalue weighted by Gasteiger charge is 2.08. The normalized spacial score (nSPS) is 10.1. The van der Waals surface area contributed by atoms with Gasteiger partial charge in [0.15, 0.2) is 5.75 Å². The van der Waals surface area contributed by atoms with Gasteiger partial charge in [-0.25, -0.2) is 0 Å². The molecule has 1 nitrogen and oxygen atoms in total. The number of halogens is 5. The Kier molecular flexibility index (Phi) is 6.30. The van der Waals surface area contributed by atoms with Crippen molar-refractivity contribution in [1.29, 1.82) is 0 Å². The molecule has 0 heterocycles. The van der Waals surface area contributed by atoms with Crippen molar-refractivity contribution in [1.82, 2.24) is 0 Å². The van der Waals surface area contributed by atoms with Gasteiger partial charge < -0.3 is 4.74 Å². The summed E-state index contributed by atoms with van der Waals surface area (Å²) in [5.41, 5.74) is 0.723. The fourth-order valence-electron chi connectivity index (χ4n) is 1.07. The highest BCUT2D eigenvalue weighted by Crippen LogP contribution is 2.35. The molecule has 0 bridgehead atoms. The molecule has 88 valence electrons. The highest BCUT2D eigenvalue weighted by molar-refractivity contribution is 9.09. The number of hydrogen-bond donors (Lipinski definition) is 0. The fourth-order valence-corrected chi connectivity index (χ4v) is 2.09. The Morgan fingerprint density at radius 1 is 1.25 bits per heavy atom. The Bertz CT molecular complexity index is 379. The Morgan fingerprint density at radius 2 is 1.81 bits per heavy atom. The van der Waals surface area contributed by atoms with Gasteiger partial charge in [-0.3, -0.25) is 0 Å². The van der Waals surface area contributed by atoms with E-state index in [4.69, 9.17) is 51.1 Å². The van der Waals surface area contributed by atoms with E-state index in [9.17, 15) is 0 Å². The van der Waals surface area contributed by atoms with Gasteiger partial charge in [-0.05, 0) is 23.8 Å². The Balaban J connectivity index is 3.02. The van der Waals surface area contributed by atoms with Gasteiger partial charge in [0.1, 0.15) is 4.49 Å². The van der Waals surface area contributed by atoms with Crippen LogP contribution in [0.25, 0.3) is 6.08 Å². The molecule has 0 fully saturated rings. The second kappa shape index (κ2) is 6.97. The molecular formula is C10H7BrCl4O. The maximum absolute atomic E-state index is 6.01. The minimum atomic E-state index is 0.140. The topological polar surface area (TPSA) is 9.23 Å². The molecule has 1 aromatic carbocycles. The monoisotopic (exact) mass is 362 g/mol. The van der Waals surface area contributed by atoms with Gasteiger partial charge in [-0.15, -0.1) is 0 Å². The zero-order chi connectivity index (χ0) is 12.1. The molecular weight excluding hydrogens is 358 g/mol. The fraction of sp³-hybridized carbons (Fsp3) is 0.200. The molecule has 1 rings (SSSR count). The van der Waals surface area contributed by atoms with E-state index in [1.54, 1.807) is 18.2 Å². The minimum absolute atomic E-state index is 0.140. The molecule has 0 aliphatic rings. The van der Waals surface area contributed by atoms with Crippen LogP contribution in [0.5, 0.6) is 5.75 Å². The summed E-state index contributed by atoms with van der Waals surface area (Å²) in [5, 5.41) is 1.55. The highest BCUT2D eigenvalue weighted by atomic mass is 79.9. The quantitative estimate of drug-likeness (QED) is 0.637. The van der Waals surface area contributed by atoms with E-state index in [1.807, 2.05) is 0 Å². The van der Waals surface area contributed by atoms with Crippen LogP contribution in [0.2, 0.25) is 10.0 Å². The summed E-state index contributed by atoms with van der Waals surface area (Å²) in [5.74, 6) is 0.464. The van der Waals surface area contributed by atoms with Crippen molar-refractivity contribution in [3.63, 3.8) is 0 Å². The lowest BCUT2D eigenvalue weighted by Gasteiger charge is -2.09. The summed E-state index contributed by atoms with van der Waals surface area (Å²) in [6.45, 7) is 0.491. The number of rotatable bonds is 4. The summed E-state index contributed by atoms with van der Waals surface area (Å²) in [6, 6.07) is 3.36. The van der Waals surface area contributed by atoms with E-state index in [1.165, 1.54) is 0 Å². The van der Waals surface area contributed by atoms with Gasteiger partial charge in [0.05, 0.1) is 16.7 Å². The second-order valence-electron chi connectivity index (χ2n) is 2.79. The molecule has 16 heavy (non-hydrogen) atoms. The molecule has 0 aromatic heterocycles. The van der Waals surface area contributed by atoms with Crippen LogP contribution in [-0.4, -0.2) is 11.9 Å². The molecule has 0 aliphatic heterocycles. The Labute approximate surface area is 122 Å². The average Bonchev–Trinajstić information content (AvgIpc) is 2.15. The van der Waals surface area contributed by atoms with E-state index in [0.29, 0.717) is 27.7 Å². The van der Waals surface area contributed by atoms with E-state index in [2.05, 4.69) is 15.9 Å². The lowest BCUT2D eigenvalue weighted by atomic mass is 10.2. The molecule has 0 saturated carbocycles. The van der Waals surface area contributed by atoms with Gasteiger partial charge in [0.2, 0.25) is 0 Å². The molecule has 0 aliphatic carbocycles. The van der Waals surface area contributed by atoms with Crippen molar-refractivity contribution in [3.05, 3.63) is 32.2 Å². The van der Waals surface area contributed by atoms with Crippen LogP contribution in [-0.2, 0) is 0 Å². The first-order chi connectivity index (χ1) is 7.54. The standard InChI is InChI=1S/C10H7BrCl4O/c11-1-2-16-10-7(12)3-6(4-8(10)13)5-9(14)15/h3-5H,1-2H2. The van der Waals surface area contributed by atoms with Gasteiger partial charge >= 0.3 is 0 Å². The van der Waals surface area contributed by atoms with Crippen LogP contribution in [0.3, 0.4) is 0 Å². The van der Waals surface area contributed by atoms with Crippen LogP contribution in [0.15, 0.2) is 16.6 Å². The lowest BCUT2D eigenvalue weighted by Crippen LogP contribution is -1.99. The summed E-state index contributed by atoms with van der Waals surface area (Å²) in [7, 11) is 0. The first-order valence-corrected chi connectivity index (χ1v) is 6.88. The molecule has 0 spiro atoms. The Morgan fingerprint density at radius 3 is 2.25 bits per heavy atom. The van der Waals surface area contributed by atoms with E-state index >= 15 is 0 Å². The van der Waals surface area contributed by atoms with Crippen LogP contribution in [0.4, 0.5) is 0 Å². The lowest BCUT2D eigenvalue weighted by molar-refractivity contribution is 0.345. The van der Waals surface area contributed by atoms with Gasteiger partial charge in [-0.2, -0.15) is 0 Å². The first kappa shape index (κ1) is 14.5. The third kappa shape index (κ3) is 4.34.